The van der Waals surface area contributed by atoms with E-state index >= 15 is 0 Å². The highest BCUT2D eigenvalue weighted by molar-refractivity contribution is 8.00. The van der Waals surface area contributed by atoms with Crippen molar-refractivity contribution >= 4 is 17.7 Å². The minimum Gasteiger partial charge on any atom is -0.372 e. The maximum absolute atomic E-state index is 11.7. The number of carbonyl (C=O) groups is 1. The Balaban J connectivity index is 2.36. The first-order chi connectivity index (χ1) is 7.05. The molecular formula is C10H16N2O2S. The summed E-state index contributed by atoms with van der Waals surface area (Å²) in [7, 11) is 0. The zero-order valence-electron chi connectivity index (χ0n) is 9.15. The van der Waals surface area contributed by atoms with Crippen molar-refractivity contribution in [1.29, 1.82) is 5.26 Å². The van der Waals surface area contributed by atoms with E-state index in [4.69, 9.17) is 10.00 Å². The highest BCUT2D eigenvalue weighted by Crippen LogP contribution is 2.17. The number of hydrogen-bond acceptors (Lipinski definition) is 4. The first kappa shape index (κ1) is 12.3. The minimum atomic E-state index is -0.242. The zero-order valence-corrected chi connectivity index (χ0v) is 9.97. The molecule has 0 aromatic rings. The van der Waals surface area contributed by atoms with Crippen LogP contribution in [0.3, 0.4) is 0 Å². The molecule has 0 aliphatic carbocycles. The second-order valence-corrected chi connectivity index (χ2v) is 5.06. The second-order valence-electron chi connectivity index (χ2n) is 4.07. The molecule has 0 spiro atoms. The summed E-state index contributed by atoms with van der Waals surface area (Å²) in [6, 6.07) is 2.01. The molecule has 1 fully saturated rings. The van der Waals surface area contributed by atoms with Crippen LogP contribution in [-0.2, 0) is 9.53 Å². The van der Waals surface area contributed by atoms with Crippen molar-refractivity contribution in [2.24, 2.45) is 0 Å². The summed E-state index contributed by atoms with van der Waals surface area (Å²) in [6.45, 7) is 5.86. The maximum atomic E-state index is 11.7. The van der Waals surface area contributed by atoms with E-state index < -0.39 is 0 Å². The third kappa shape index (κ3) is 4.10. The van der Waals surface area contributed by atoms with E-state index in [1.54, 1.807) is 0 Å². The van der Waals surface area contributed by atoms with E-state index in [0.717, 1.165) is 0 Å². The van der Waals surface area contributed by atoms with Crippen LogP contribution in [0.1, 0.15) is 13.8 Å². The molecule has 1 aliphatic heterocycles. The number of thioether (sulfide) groups is 1. The molecule has 0 aromatic carbocycles. The van der Waals surface area contributed by atoms with Crippen LogP contribution in [0, 0.1) is 11.3 Å². The van der Waals surface area contributed by atoms with Crippen molar-refractivity contribution in [2.75, 3.05) is 31.2 Å². The molecule has 0 unspecified atom stereocenters. The lowest BCUT2D eigenvalue weighted by Gasteiger charge is -2.38. The van der Waals surface area contributed by atoms with Gasteiger partial charge in [-0.1, -0.05) is 0 Å². The Morgan fingerprint density at radius 3 is 3.00 bits per heavy atom. The Hall–Kier alpha value is -0.730. The molecule has 1 aliphatic rings. The number of nitrogens with zero attached hydrogens (tertiary/aromatic N) is 2. The number of morpholine rings is 1. The molecule has 0 bridgehead atoms. The van der Waals surface area contributed by atoms with Gasteiger partial charge in [-0.2, -0.15) is 5.26 Å². The van der Waals surface area contributed by atoms with Crippen molar-refractivity contribution in [3.63, 3.8) is 0 Å². The van der Waals surface area contributed by atoms with Crippen LogP contribution in [0.15, 0.2) is 0 Å². The second kappa shape index (κ2) is 5.38. The Morgan fingerprint density at radius 1 is 1.67 bits per heavy atom. The summed E-state index contributed by atoms with van der Waals surface area (Å²) in [5.41, 5.74) is -0.242. The van der Waals surface area contributed by atoms with E-state index in [0.29, 0.717) is 31.2 Å². The van der Waals surface area contributed by atoms with Crippen LogP contribution >= 0.6 is 11.8 Å². The molecular weight excluding hydrogens is 212 g/mol. The van der Waals surface area contributed by atoms with Crippen molar-refractivity contribution in [2.45, 2.75) is 19.4 Å². The van der Waals surface area contributed by atoms with Gasteiger partial charge in [-0.05, 0) is 13.8 Å². The minimum absolute atomic E-state index is 0.103. The monoisotopic (exact) mass is 228 g/mol. The largest absolute Gasteiger partial charge is 0.372 e. The summed E-state index contributed by atoms with van der Waals surface area (Å²) < 4.78 is 5.52. The molecule has 5 heteroatoms. The molecule has 15 heavy (non-hydrogen) atoms. The molecule has 0 atom stereocenters. The van der Waals surface area contributed by atoms with E-state index in [1.807, 2.05) is 24.8 Å². The maximum Gasteiger partial charge on any atom is 0.232 e. The predicted octanol–water partition coefficient (Wildman–Crippen LogP) is 0.881. The SMILES string of the molecule is CC1(C)CN(C(=O)CSCC#N)CCO1. The fraction of sp³-hybridized carbons (Fsp3) is 0.800. The van der Waals surface area contributed by atoms with E-state index in [2.05, 4.69) is 0 Å². The van der Waals surface area contributed by atoms with E-state index in [-0.39, 0.29) is 11.5 Å². The van der Waals surface area contributed by atoms with Gasteiger partial charge in [0.05, 0.1) is 29.8 Å². The summed E-state index contributed by atoms with van der Waals surface area (Å²) in [5.74, 6) is 0.870. The lowest BCUT2D eigenvalue weighted by Crippen LogP contribution is -2.51. The fourth-order valence-electron chi connectivity index (χ4n) is 1.50. The molecule has 1 rings (SSSR count). The summed E-state index contributed by atoms with van der Waals surface area (Å²) >= 11 is 1.36. The Kier molecular flexibility index (Phi) is 4.43. The first-order valence-electron chi connectivity index (χ1n) is 4.91. The number of carbonyl (C=O) groups excluding carboxylic acids is 1. The predicted molar refractivity (Wildman–Crippen MR) is 59.5 cm³/mol. The number of amides is 1. The Morgan fingerprint density at radius 2 is 2.40 bits per heavy atom. The van der Waals surface area contributed by atoms with Crippen molar-refractivity contribution in [3.05, 3.63) is 0 Å². The van der Waals surface area contributed by atoms with Crippen LogP contribution in [0.5, 0.6) is 0 Å². The summed E-state index contributed by atoms with van der Waals surface area (Å²) in [6.07, 6.45) is 0. The molecule has 1 heterocycles. The van der Waals surface area contributed by atoms with E-state index in [9.17, 15) is 4.79 Å². The summed E-state index contributed by atoms with van der Waals surface area (Å²) in [4.78, 5) is 13.5. The molecule has 84 valence electrons. The van der Waals surface area contributed by atoms with Gasteiger partial charge in [-0.25, -0.2) is 0 Å². The van der Waals surface area contributed by atoms with Gasteiger partial charge in [-0.3, -0.25) is 4.79 Å². The average molecular weight is 228 g/mol. The first-order valence-corrected chi connectivity index (χ1v) is 6.07. The van der Waals surface area contributed by atoms with Gasteiger partial charge in [0.2, 0.25) is 5.91 Å². The number of nitriles is 1. The smallest absolute Gasteiger partial charge is 0.232 e. The molecule has 1 amide bonds. The van der Waals surface area contributed by atoms with Crippen LogP contribution in [0.25, 0.3) is 0 Å². The zero-order chi connectivity index (χ0) is 11.3. The van der Waals surface area contributed by atoms with Crippen LogP contribution in [0.4, 0.5) is 0 Å². The van der Waals surface area contributed by atoms with Gasteiger partial charge in [0, 0.05) is 13.1 Å². The molecule has 1 saturated heterocycles. The van der Waals surface area contributed by atoms with Crippen molar-refractivity contribution in [1.82, 2.24) is 4.90 Å². The normalized spacial score (nSPS) is 19.7. The highest BCUT2D eigenvalue weighted by Gasteiger charge is 2.29. The van der Waals surface area contributed by atoms with Gasteiger partial charge in [0.15, 0.2) is 0 Å². The van der Waals surface area contributed by atoms with Gasteiger partial charge in [0.25, 0.3) is 0 Å². The molecule has 4 nitrogen and oxygen atoms in total. The standard InChI is InChI=1S/C10H16N2O2S/c1-10(2)8-12(4-5-14-10)9(13)7-15-6-3-11/h4-8H2,1-2H3. The van der Waals surface area contributed by atoms with Crippen LogP contribution in [0.2, 0.25) is 0 Å². The molecule has 0 N–H and O–H groups in total. The van der Waals surface area contributed by atoms with Gasteiger partial charge in [-0.15, -0.1) is 11.8 Å². The van der Waals surface area contributed by atoms with Gasteiger partial charge >= 0.3 is 0 Å². The third-order valence-electron chi connectivity index (χ3n) is 2.17. The van der Waals surface area contributed by atoms with Crippen molar-refractivity contribution < 1.29 is 9.53 Å². The average Bonchev–Trinajstić information content (AvgIpc) is 2.16. The summed E-state index contributed by atoms with van der Waals surface area (Å²) in [5, 5.41) is 8.36. The topological polar surface area (TPSA) is 53.3 Å². The molecule has 0 aromatic heterocycles. The van der Waals surface area contributed by atoms with E-state index in [1.165, 1.54) is 11.8 Å². The third-order valence-corrected chi connectivity index (χ3v) is 2.95. The van der Waals surface area contributed by atoms with Crippen LogP contribution in [-0.4, -0.2) is 47.6 Å². The number of hydrogen-bond donors (Lipinski definition) is 0. The van der Waals surface area contributed by atoms with Crippen molar-refractivity contribution in [3.8, 4) is 6.07 Å². The van der Waals surface area contributed by atoms with Gasteiger partial charge in [0.1, 0.15) is 0 Å². The van der Waals surface area contributed by atoms with Gasteiger partial charge < -0.3 is 9.64 Å². The lowest BCUT2D eigenvalue weighted by molar-refractivity contribution is -0.143. The molecule has 0 radical (unpaired) electrons. The fourth-order valence-corrected chi connectivity index (χ4v) is 2.06. The lowest BCUT2D eigenvalue weighted by atomic mass is 10.1. The Labute approximate surface area is 94.6 Å². The number of rotatable bonds is 3. The quantitative estimate of drug-likeness (QED) is 0.673. The number of ether oxygens (including phenoxy) is 1. The highest BCUT2D eigenvalue weighted by atomic mass is 32.2. The Bertz CT molecular complexity index is 273. The van der Waals surface area contributed by atoms with Crippen LogP contribution < -0.4 is 0 Å². The molecule has 0 saturated carbocycles.